The Morgan fingerprint density at radius 2 is 1.59 bits per heavy atom. The number of benzene rings is 2. The first-order valence-electron chi connectivity index (χ1n) is 5.53. The van der Waals surface area contributed by atoms with Crippen LogP contribution in [0.2, 0.25) is 0 Å². The van der Waals surface area contributed by atoms with Crippen molar-refractivity contribution in [1.29, 1.82) is 0 Å². The molecule has 0 atom stereocenters. The lowest BCUT2D eigenvalue weighted by molar-refractivity contribution is 0.0175. The zero-order valence-electron chi connectivity index (χ0n) is 9.87. The molecular formula is C15H14F2. The molecule has 2 rings (SSSR count). The number of hydrogen-bond donors (Lipinski definition) is 0. The molecule has 0 saturated heterocycles. The van der Waals surface area contributed by atoms with Crippen LogP contribution in [0.3, 0.4) is 0 Å². The third-order valence-electron chi connectivity index (χ3n) is 2.83. The molecule has 0 heterocycles. The van der Waals surface area contributed by atoms with E-state index in [9.17, 15) is 8.78 Å². The lowest BCUT2D eigenvalue weighted by atomic mass is 9.96. The summed E-state index contributed by atoms with van der Waals surface area (Å²) < 4.78 is 26.6. The topological polar surface area (TPSA) is 0 Å². The second kappa shape index (κ2) is 4.28. The Hall–Kier alpha value is -1.70. The van der Waals surface area contributed by atoms with Crippen LogP contribution in [0.25, 0.3) is 11.1 Å². The summed E-state index contributed by atoms with van der Waals surface area (Å²) in [6.07, 6.45) is 0. The highest BCUT2D eigenvalue weighted by Gasteiger charge is 2.24. The maximum absolute atomic E-state index is 13.3. The highest BCUT2D eigenvalue weighted by Crippen LogP contribution is 2.32. The summed E-state index contributed by atoms with van der Waals surface area (Å²) in [4.78, 5) is 0. The van der Waals surface area contributed by atoms with E-state index in [-0.39, 0.29) is 5.56 Å². The largest absolute Gasteiger partial charge is 0.270 e. The maximum atomic E-state index is 13.3. The van der Waals surface area contributed by atoms with E-state index in [4.69, 9.17) is 0 Å². The summed E-state index contributed by atoms with van der Waals surface area (Å²) in [5, 5.41) is 0. The molecule has 0 saturated carbocycles. The average molecular weight is 232 g/mol. The first-order valence-corrected chi connectivity index (χ1v) is 5.53. The second-order valence-corrected chi connectivity index (χ2v) is 4.28. The van der Waals surface area contributed by atoms with Crippen LogP contribution in [0.1, 0.15) is 18.1 Å². The minimum absolute atomic E-state index is 0.0574. The number of rotatable bonds is 2. The molecule has 0 aromatic heterocycles. The van der Waals surface area contributed by atoms with Gasteiger partial charge in [0.1, 0.15) is 0 Å². The summed E-state index contributed by atoms with van der Waals surface area (Å²) in [6, 6.07) is 14.4. The quantitative estimate of drug-likeness (QED) is 0.699. The number of aryl methyl sites for hydroxylation is 1. The minimum Gasteiger partial charge on any atom is -0.202 e. The molecule has 0 spiro atoms. The van der Waals surface area contributed by atoms with E-state index in [1.54, 1.807) is 12.1 Å². The van der Waals surface area contributed by atoms with Crippen LogP contribution in [-0.2, 0) is 5.92 Å². The Bertz CT molecular complexity index is 510. The van der Waals surface area contributed by atoms with Gasteiger partial charge in [-0.2, -0.15) is 0 Å². The highest BCUT2D eigenvalue weighted by molar-refractivity contribution is 5.68. The van der Waals surface area contributed by atoms with Gasteiger partial charge in [0.15, 0.2) is 0 Å². The number of halogens is 2. The van der Waals surface area contributed by atoms with Crippen LogP contribution in [0, 0.1) is 6.92 Å². The van der Waals surface area contributed by atoms with Gasteiger partial charge in [-0.15, -0.1) is 0 Å². The van der Waals surface area contributed by atoms with Gasteiger partial charge in [0.25, 0.3) is 5.92 Å². The van der Waals surface area contributed by atoms with E-state index in [0.29, 0.717) is 0 Å². The molecule has 2 aromatic carbocycles. The van der Waals surface area contributed by atoms with Crippen molar-refractivity contribution >= 4 is 0 Å². The first-order chi connectivity index (χ1) is 7.98. The lowest BCUT2D eigenvalue weighted by Crippen LogP contribution is -2.07. The molecule has 17 heavy (non-hydrogen) atoms. The number of hydrogen-bond acceptors (Lipinski definition) is 0. The normalized spacial score (nSPS) is 11.5. The van der Waals surface area contributed by atoms with Gasteiger partial charge in [-0.1, -0.05) is 42.5 Å². The Morgan fingerprint density at radius 1 is 0.941 bits per heavy atom. The zero-order chi connectivity index (χ0) is 12.5. The van der Waals surface area contributed by atoms with Crippen LogP contribution < -0.4 is 0 Å². The maximum Gasteiger partial charge on any atom is 0.270 e. The van der Waals surface area contributed by atoms with Crippen LogP contribution in [0.15, 0.2) is 48.5 Å². The van der Waals surface area contributed by atoms with Gasteiger partial charge < -0.3 is 0 Å². The molecule has 0 aliphatic heterocycles. The van der Waals surface area contributed by atoms with Gasteiger partial charge >= 0.3 is 0 Å². The minimum atomic E-state index is -2.79. The Morgan fingerprint density at radius 3 is 2.18 bits per heavy atom. The van der Waals surface area contributed by atoms with Crippen molar-refractivity contribution in [1.82, 2.24) is 0 Å². The van der Waals surface area contributed by atoms with Crippen LogP contribution >= 0.6 is 0 Å². The van der Waals surface area contributed by atoms with Gasteiger partial charge in [-0.05, 0) is 29.7 Å². The van der Waals surface area contributed by atoms with Crippen molar-refractivity contribution in [3.63, 3.8) is 0 Å². The van der Waals surface area contributed by atoms with Gasteiger partial charge in [-0.3, -0.25) is 0 Å². The second-order valence-electron chi connectivity index (χ2n) is 4.28. The number of alkyl halides is 2. The third kappa shape index (κ3) is 2.52. The highest BCUT2D eigenvalue weighted by atomic mass is 19.3. The van der Waals surface area contributed by atoms with Gasteiger partial charge in [0.2, 0.25) is 0 Å². The first kappa shape index (κ1) is 11.8. The van der Waals surface area contributed by atoms with E-state index >= 15 is 0 Å². The Labute approximate surface area is 99.9 Å². The molecule has 0 fully saturated rings. The standard InChI is InChI=1S/C15H14F2/c1-11-8-9-13(15(2,16)17)10-14(11)12-6-4-3-5-7-12/h3-10H,1-2H3. The molecule has 0 nitrogen and oxygen atoms in total. The molecule has 2 heteroatoms. The third-order valence-corrected chi connectivity index (χ3v) is 2.83. The lowest BCUT2D eigenvalue weighted by Gasteiger charge is -2.14. The molecule has 0 radical (unpaired) electrons. The van der Waals surface area contributed by atoms with E-state index in [2.05, 4.69) is 0 Å². The Kier molecular flexibility index (Phi) is 2.97. The van der Waals surface area contributed by atoms with Crippen molar-refractivity contribution in [2.75, 3.05) is 0 Å². The Balaban J connectivity index is 2.55. The molecule has 0 N–H and O–H groups in total. The van der Waals surface area contributed by atoms with Crippen molar-refractivity contribution in [2.45, 2.75) is 19.8 Å². The zero-order valence-corrected chi connectivity index (χ0v) is 9.87. The molecule has 2 aromatic rings. The summed E-state index contributed by atoms with van der Waals surface area (Å²) in [6.45, 7) is 2.85. The average Bonchev–Trinajstić information content (AvgIpc) is 2.29. The van der Waals surface area contributed by atoms with Gasteiger partial charge in [0, 0.05) is 12.5 Å². The summed E-state index contributed by atoms with van der Waals surface area (Å²) in [7, 11) is 0. The summed E-state index contributed by atoms with van der Waals surface area (Å²) in [5.74, 6) is -2.79. The van der Waals surface area contributed by atoms with Crippen LogP contribution in [0.4, 0.5) is 8.78 Å². The summed E-state index contributed by atoms with van der Waals surface area (Å²) in [5.41, 5.74) is 2.90. The van der Waals surface area contributed by atoms with Crippen molar-refractivity contribution in [2.24, 2.45) is 0 Å². The van der Waals surface area contributed by atoms with Crippen LogP contribution in [-0.4, -0.2) is 0 Å². The smallest absolute Gasteiger partial charge is 0.202 e. The SMILES string of the molecule is Cc1ccc(C(C)(F)F)cc1-c1ccccc1. The van der Waals surface area contributed by atoms with Crippen LogP contribution in [0.5, 0.6) is 0 Å². The van der Waals surface area contributed by atoms with Crippen molar-refractivity contribution in [3.05, 3.63) is 59.7 Å². The fourth-order valence-corrected chi connectivity index (χ4v) is 1.82. The molecule has 0 bridgehead atoms. The van der Waals surface area contributed by atoms with E-state index in [0.717, 1.165) is 23.6 Å². The molecular weight excluding hydrogens is 218 g/mol. The van der Waals surface area contributed by atoms with Crippen molar-refractivity contribution < 1.29 is 8.78 Å². The molecule has 0 unspecified atom stereocenters. The predicted octanol–water partition coefficient (Wildman–Crippen LogP) is 4.77. The fourth-order valence-electron chi connectivity index (χ4n) is 1.82. The van der Waals surface area contributed by atoms with Gasteiger partial charge in [0.05, 0.1) is 0 Å². The molecule has 88 valence electrons. The summed E-state index contributed by atoms with van der Waals surface area (Å²) >= 11 is 0. The fraction of sp³-hybridized carbons (Fsp3) is 0.200. The van der Waals surface area contributed by atoms with E-state index in [1.165, 1.54) is 6.07 Å². The monoisotopic (exact) mass is 232 g/mol. The van der Waals surface area contributed by atoms with Crippen molar-refractivity contribution in [3.8, 4) is 11.1 Å². The van der Waals surface area contributed by atoms with E-state index < -0.39 is 5.92 Å². The predicted molar refractivity (Wildman–Crippen MR) is 66.2 cm³/mol. The molecule has 0 aliphatic rings. The van der Waals surface area contributed by atoms with Gasteiger partial charge in [-0.25, -0.2) is 8.78 Å². The molecule has 0 aliphatic carbocycles. The van der Waals surface area contributed by atoms with E-state index in [1.807, 2.05) is 37.3 Å². The molecule has 0 amide bonds.